The molecule has 3 rings (SSSR count). The molecule has 0 spiro atoms. The van der Waals surface area contributed by atoms with Crippen molar-refractivity contribution in [2.75, 3.05) is 38.2 Å². The molecule has 1 heterocycles. The third-order valence-corrected chi connectivity index (χ3v) is 6.07. The van der Waals surface area contributed by atoms with Crippen molar-refractivity contribution in [2.45, 2.75) is 4.90 Å². The molecule has 0 bridgehead atoms. The minimum Gasteiger partial charge on any atom is -0.506 e. The summed E-state index contributed by atoms with van der Waals surface area (Å²) >= 11 is 0. The van der Waals surface area contributed by atoms with Crippen molar-refractivity contribution < 1.29 is 18.3 Å². The SMILES string of the molecule is COc1ccc(S(=O)(=O)N2CCN(c3ccccc3O)CC2)cc1. The van der Waals surface area contributed by atoms with Crippen LogP contribution in [0.15, 0.2) is 53.4 Å². The molecular formula is C17H20N2O4S. The molecule has 1 aliphatic rings. The predicted octanol–water partition coefficient (Wildman–Crippen LogP) is 1.91. The van der Waals surface area contributed by atoms with E-state index in [-0.39, 0.29) is 10.6 Å². The maximum atomic E-state index is 12.7. The lowest BCUT2D eigenvalue weighted by Crippen LogP contribution is -2.48. The van der Waals surface area contributed by atoms with Crippen LogP contribution < -0.4 is 9.64 Å². The molecule has 2 aromatic rings. The highest BCUT2D eigenvalue weighted by Gasteiger charge is 2.29. The highest BCUT2D eigenvalue weighted by molar-refractivity contribution is 7.89. The molecule has 0 aromatic heterocycles. The Hall–Kier alpha value is -2.25. The average molecular weight is 348 g/mol. The van der Waals surface area contributed by atoms with E-state index in [0.29, 0.717) is 31.9 Å². The number of benzene rings is 2. The number of rotatable bonds is 4. The molecule has 24 heavy (non-hydrogen) atoms. The van der Waals surface area contributed by atoms with E-state index in [1.165, 1.54) is 4.31 Å². The van der Waals surface area contributed by atoms with Gasteiger partial charge in [-0.05, 0) is 36.4 Å². The number of piperazine rings is 1. The number of nitrogens with zero attached hydrogens (tertiary/aromatic N) is 2. The average Bonchev–Trinajstić information content (AvgIpc) is 2.62. The van der Waals surface area contributed by atoms with E-state index in [1.54, 1.807) is 43.5 Å². The Morgan fingerprint density at radius 3 is 2.17 bits per heavy atom. The number of para-hydroxylation sites is 2. The fraction of sp³-hybridized carbons (Fsp3) is 0.294. The molecule has 6 nitrogen and oxygen atoms in total. The first kappa shape index (κ1) is 16.6. The molecule has 0 unspecified atom stereocenters. The van der Waals surface area contributed by atoms with E-state index in [1.807, 2.05) is 17.0 Å². The Balaban J connectivity index is 1.72. The molecule has 7 heteroatoms. The van der Waals surface area contributed by atoms with Gasteiger partial charge in [-0.25, -0.2) is 8.42 Å². The van der Waals surface area contributed by atoms with Crippen molar-refractivity contribution in [3.05, 3.63) is 48.5 Å². The van der Waals surface area contributed by atoms with Gasteiger partial charge in [0.25, 0.3) is 0 Å². The van der Waals surface area contributed by atoms with Crippen molar-refractivity contribution in [2.24, 2.45) is 0 Å². The van der Waals surface area contributed by atoms with Gasteiger partial charge in [-0.15, -0.1) is 0 Å². The number of phenolic OH excluding ortho intramolecular Hbond substituents is 1. The minimum absolute atomic E-state index is 0.212. The highest BCUT2D eigenvalue weighted by atomic mass is 32.2. The van der Waals surface area contributed by atoms with Crippen LogP contribution in [0.2, 0.25) is 0 Å². The van der Waals surface area contributed by atoms with E-state index in [2.05, 4.69) is 0 Å². The zero-order chi connectivity index (χ0) is 17.2. The Morgan fingerprint density at radius 2 is 1.58 bits per heavy atom. The summed E-state index contributed by atoms with van der Waals surface area (Å²) in [4.78, 5) is 2.26. The number of hydrogen-bond acceptors (Lipinski definition) is 5. The number of aromatic hydroxyl groups is 1. The van der Waals surface area contributed by atoms with Crippen LogP contribution in [-0.4, -0.2) is 51.1 Å². The van der Waals surface area contributed by atoms with Gasteiger partial charge in [-0.2, -0.15) is 4.31 Å². The van der Waals surface area contributed by atoms with Crippen molar-refractivity contribution in [1.82, 2.24) is 4.31 Å². The first-order valence-electron chi connectivity index (χ1n) is 7.69. The van der Waals surface area contributed by atoms with Crippen LogP contribution in [0, 0.1) is 0 Å². The van der Waals surface area contributed by atoms with Crippen molar-refractivity contribution in [1.29, 1.82) is 0 Å². The molecule has 1 aliphatic heterocycles. The molecule has 1 fully saturated rings. The summed E-state index contributed by atoms with van der Waals surface area (Å²) in [7, 11) is -1.97. The molecule has 2 aromatic carbocycles. The Bertz CT molecular complexity index is 798. The summed E-state index contributed by atoms with van der Waals surface area (Å²) in [6.07, 6.45) is 0. The lowest BCUT2D eigenvalue weighted by molar-refractivity contribution is 0.382. The van der Waals surface area contributed by atoms with Gasteiger partial charge >= 0.3 is 0 Å². The molecule has 1 N–H and O–H groups in total. The number of sulfonamides is 1. The van der Waals surface area contributed by atoms with Gasteiger partial charge in [0.15, 0.2) is 0 Å². The molecule has 0 radical (unpaired) electrons. The maximum absolute atomic E-state index is 12.7. The monoisotopic (exact) mass is 348 g/mol. The minimum atomic E-state index is -3.51. The van der Waals surface area contributed by atoms with E-state index >= 15 is 0 Å². The molecule has 128 valence electrons. The second-order valence-electron chi connectivity index (χ2n) is 5.56. The molecule has 0 aliphatic carbocycles. The molecule has 0 atom stereocenters. The van der Waals surface area contributed by atoms with Crippen molar-refractivity contribution in [3.8, 4) is 11.5 Å². The molecular weight excluding hydrogens is 328 g/mol. The highest BCUT2D eigenvalue weighted by Crippen LogP contribution is 2.28. The molecule has 0 saturated carbocycles. The van der Waals surface area contributed by atoms with Crippen LogP contribution in [0.5, 0.6) is 11.5 Å². The summed E-state index contributed by atoms with van der Waals surface area (Å²) in [6, 6.07) is 13.5. The van der Waals surface area contributed by atoms with Gasteiger partial charge in [-0.3, -0.25) is 0 Å². The summed E-state index contributed by atoms with van der Waals surface area (Å²) in [5.74, 6) is 0.835. The van der Waals surface area contributed by atoms with E-state index < -0.39 is 10.0 Å². The fourth-order valence-corrected chi connectivity index (χ4v) is 4.22. The number of hydrogen-bond donors (Lipinski definition) is 1. The summed E-state index contributed by atoms with van der Waals surface area (Å²) in [5, 5.41) is 9.93. The lowest BCUT2D eigenvalue weighted by atomic mass is 10.2. The first-order chi connectivity index (χ1) is 11.5. The Kier molecular flexibility index (Phi) is 4.64. The second kappa shape index (κ2) is 6.70. The summed E-state index contributed by atoms with van der Waals surface area (Å²) in [6.45, 7) is 1.82. The van der Waals surface area contributed by atoms with Crippen molar-refractivity contribution in [3.63, 3.8) is 0 Å². The lowest BCUT2D eigenvalue weighted by Gasteiger charge is -2.35. The quantitative estimate of drug-likeness (QED) is 0.914. The van der Waals surface area contributed by atoms with Crippen LogP contribution in [-0.2, 0) is 10.0 Å². The maximum Gasteiger partial charge on any atom is 0.243 e. The largest absolute Gasteiger partial charge is 0.506 e. The summed E-state index contributed by atoms with van der Waals surface area (Å²) < 4.78 is 32.0. The fourth-order valence-electron chi connectivity index (χ4n) is 2.80. The van der Waals surface area contributed by atoms with E-state index in [0.717, 1.165) is 5.69 Å². The van der Waals surface area contributed by atoms with E-state index in [4.69, 9.17) is 4.74 Å². The van der Waals surface area contributed by atoms with Gasteiger partial charge in [0.2, 0.25) is 10.0 Å². The van der Waals surface area contributed by atoms with Gasteiger partial charge in [0.1, 0.15) is 11.5 Å². The normalized spacial score (nSPS) is 16.1. The van der Waals surface area contributed by atoms with Crippen LogP contribution in [0.4, 0.5) is 5.69 Å². The third kappa shape index (κ3) is 3.18. The van der Waals surface area contributed by atoms with Crippen LogP contribution >= 0.6 is 0 Å². The smallest absolute Gasteiger partial charge is 0.243 e. The van der Waals surface area contributed by atoms with Gasteiger partial charge in [-0.1, -0.05) is 12.1 Å². The van der Waals surface area contributed by atoms with Crippen LogP contribution in [0.3, 0.4) is 0 Å². The predicted molar refractivity (Wildman–Crippen MR) is 92.1 cm³/mol. The van der Waals surface area contributed by atoms with Crippen molar-refractivity contribution >= 4 is 15.7 Å². The topological polar surface area (TPSA) is 70.1 Å². The number of phenols is 1. The molecule has 1 saturated heterocycles. The molecule has 0 amide bonds. The van der Waals surface area contributed by atoms with E-state index in [9.17, 15) is 13.5 Å². The summed E-state index contributed by atoms with van der Waals surface area (Å²) in [5.41, 5.74) is 0.735. The number of methoxy groups -OCH3 is 1. The number of anilines is 1. The first-order valence-corrected chi connectivity index (χ1v) is 9.13. The van der Waals surface area contributed by atoms with Gasteiger partial charge in [0.05, 0.1) is 17.7 Å². The standard InChI is InChI=1S/C17H20N2O4S/c1-23-14-6-8-15(9-7-14)24(21,22)19-12-10-18(11-13-19)16-4-2-3-5-17(16)20/h2-9,20H,10-13H2,1H3. The zero-order valence-electron chi connectivity index (χ0n) is 13.4. The Morgan fingerprint density at radius 1 is 0.958 bits per heavy atom. The Labute approximate surface area is 141 Å². The zero-order valence-corrected chi connectivity index (χ0v) is 14.2. The second-order valence-corrected chi connectivity index (χ2v) is 7.49. The number of ether oxygens (including phenoxy) is 1. The van der Waals surface area contributed by atoms with Gasteiger partial charge in [0, 0.05) is 26.2 Å². The van der Waals surface area contributed by atoms with Crippen LogP contribution in [0.25, 0.3) is 0 Å². The van der Waals surface area contributed by atoms with Gasteiger partial charge < -0.3 is 14.7 Å². The van der Waals surface area contributed by atoms with Crippen LogP contribution in [0.1, 0.15) is 0 Å². The third-order valence-electron chi connectivity index (χ3n) is 4.16.